The maximum atomic E-state index is 10.4. The minimum Gasteiger partial charge on any atom is -0.493 e. The van der Waals surface area contributed by atoms with Crippen LogP contribution in [0.5, 0.6) is 11.5 Å². The molecule has 170 valence electrons. The van der Waals surface area contributed by atoms with E-state index in [0.717, 1.165) is 65.1 Å². The molecule has 2 N–H and O–H groups in total. The first-order valence-electron chi connectivity index (χ1n) is 11.3. The number of aliphatic hydroxyl groups is 2. The third-order valence-corrected chi connectivity index (χ3v) is 6.37. The number of benzene rings is 1. The van der Waals surface area contributed by atoms with Gasteiger partial charge in [-0.1, -0.05) is 6.07 Å². The predicted octanol–water partition coefficient (Wildman–Crippen LogP) is 1.28. The Morgan fingerprint density at radius 2 is 1.77 bits per heavy atom. The largest absolute Gasteiger partial charge is 0.493 e. The molecular weight excluding hydrogens is 382 g/mol. The highest BCUT2D eigenvalue weighted by molar-refractivity contribution is 5.43. The molecule has 0 bridgehead atoms. The summed E-state index contributed by atoms with van der Waals surface area (Å²) in [5, 5.41) is 19.6. The number of rotatable bonds is 10. The first-order chi connectivity index (χ1) is 14.6. The highest BCUT2D eigenvalue weighted by Gasteiger charge is 2.20. The lowest BCUT2D eigenvalue weighted by Gasteiger charge is -2.33. The van der Waals surface area contributed by atoms with E-state index in [1.54, 1.807) is 7.11 Å². The zero-order valence-corrected chi connectivity index (χ0v) is 18.6. The van der Waals surface area contributed by atoms with E-state index in [-0.39, 0.29) is 6.61 Å². The number of likely N-dealkylation sites (tertiary alicyclic amines) is 1. The summed E-state index contributed by atoms with van der Waals surface area (Å²) >= 11 is 0. The fourth-order valence-electron chi connectivity index (χ4n) is 4.37. The summed E-state index contributed by atoms with van der Waals surface area (Å²) in [5.74, 6) is 2.05. The smallest absolute Gasteiger partial charge is 0.161 e. The average molecular weight is 422 g/mol. The van der Waals surface area contributed by atoms with E-state index in [4.69, 9.17) is 14.6 Å². The molecule has 1 atom stereocenters. The molecule has 2 heterocycles. The zero-order valence-electron chi connectivity index (χ0n) is 18.6. The lowest BCUT2D eigenvalue weighted by molar-refractivity contribution is 0.0497. The number of nitrogens with zero attached hydrogens (tertiary/aromatic N) is 3. The van der Waals surface area contributed by atoms with E-state index < -0.39 is 6.10 Å². The molecular formula is C23H39N3O4. The molecule has 0 aromatic heterocycles. The van der Waals surface area contributed by atoms with Crippen LogP contribution in [0.25, 0.3) is 0 Å². The van der Waals surface area contributed by atoms with Gasteiger partial charge in [0.05, 0.1) is 7.11 Å². The highest BCUT2D eigenvalue weighted by atomic mass is 16.5. The molecule has 0 saturated carbocycles. The van der Waals surface area contributed by atoms with Gasteiger partial charge in [-0.2, -0.15) is 0 Å². The molecule has 1 aromatic rings. The summed E-state index contributed by atoms with van der Waals surface area (Å²) in [6, 6.07) is 6.09. The number of β-amino-alcohol motifs (C(OH)–C–C–N with tert-alkyl or cyclic N) is 1. The maximum Gasteiger partial charge on any atom is 0.161 e. The number of piperazine rings is 1. The first kappa shape index (κ1) is 23.3. The predicted molar refractivity (Wildman–Crippen MR) is 118 cm³/mol. The quantitative estimate of drug-likeness (QED) is 0.590. The molecule has 2 fully saturated rings. The summed E-state index contributed by atoms with van der Waals surface area (Å²) in [5.41, 5.74) is 1.19. The van der Waals surface area contributed by atoms with Crippen molar-refractivity contribution in [3.8, 4) is 11.5 Å². The molecule has 2 aliphatic rings. The van der Waals surface area contributed by atoms with E-state index in [1.807, 2.05) is 12.1 Å². The molecule has 0 amide bonds. The van der Waals surface area contributed by atoms with Gasteiger partial charge in [0.25, 0.3) is 0 Å². The number of methoxy groups -OCH3 is 1. The fraction of sp³-hybridized carbons (Fsp3) is 0.739. The Morgan fingerprint density at radius 3 is 2.43 bits per heavy atom. The van der Waals surface area contributed by atoms with Gasteiger partial charge in [-0.15, -0.1) is 0 Å². The second-order valence-corrected chi connectivity index (χ2v) is 8.79. The van der Waals surface area contributed by atoms with Gasteiger partial charge in [0.2, 0.25) is 0 Å². The molecule has 0 spiro atoms. The van der Waals surface area contributed by atoms with Gasteiger partial charge in [0.1, 0.15) is 12.7 Å². The van der Waals surface area contributed by atoms with Crippen molar-refractivity contribution in [1.82, 2.24) is 14.7 Å². The normalized spacial score (nSPS) is 20.9. The topological polar surface area (TPSA) is 68.6 Å². The van der Waals surface area contributed by atoms with Crippen LogP contribution in [0.15, 0.2) is 18.2 Å². The Balaban J connectivity index is 1.49. The minimum absolute atomic E-state index is 0.263. The van der Waals surface area contributed by atoms with E-state index in [1.165, 1.54) is 5.56 Å². The lowest BCUT2D eigenvalue weighted by Crippen LogP contribution is -2.47. The zero-order chi connectivity index (χ0) is 21.3. The van der Waals surface area contributed by atoms with Gasteiger partial charge in [-0.25, -0.2) is 0 Å². The van der Waals surface area contributed by atoms with Crippen LogP contribution in [-0.2, 0) is 6.54 Å². The number of hydrogen-bond donors (Lipinski definition) is 2. The summed E-state index contributed by atoms with van der Waals surface area (Å²) in [7, 11) is 3.78. The van der Waals surface area contributed by atoms with Crippen LogP contribution < -0.4 is 9.47 Å². The third-order valence-electron chi connectivity index (χ3n) is 6.37. The molecule has 7 heteroatoms. The summed E-state index contributed by atoms with van der Waals surface area (Å²) in [6.45, 7) is 8.27. The third kappa shape index (κ3) is 7.10. The molecule has 2 saturated heterocycles. The summed E-state index contributed by atoms with van der Waals surface area (Å²) in [6.07, 6.45) is 2.70. The van der Waals surface area contributed by atoms with Crippen molar-refractivity contribution in [3.63, 3.8) is 0 Å². The number of likely N-dealkylation sites (N-methyl/N-ethyl adjacent to an activating group) is 1. The second kappa shape index (κ2) is 11.9. The molecule has 1 unspecified atom stereocenters. The van der Waals surface area contributed by atoms with Crippen molar-refractivity contribution in [2.75, 3.05) is 73.2 Å². The Kier molecular flexibility index (Phi) is 9.21. The Morgan fingerprint density at radius 1 is 1.03 bits per heavy atom. The molecule has 0 radical (unpaired) electrons. The molecule has 3 rings (SSSR count). The second-order valence-electron chi connectivity index (χ2n) is 8.79. The van der Waals surface area contributed by atoms with Crippen molar-refractivity contribution in [3.05, 3.63) is 23.8 Å². The van der Waals surface area contributed by atoms with Crippen molar-refractivity contribution in [2.45, 2.75) is 31.9 Å². The van der Waals surface area contributed by atoms with E-state index in [2.05, 4.69) is 27.8 Å². The monoisotopic (exact) mass is 421 g/mol. The molecule has 0 aliphatic carbocycles. The SMILES string of the molecule is COc1ccc(CN2CCC(CCO)CC2)cc1OCC(O)CN1CCN(C)CC1. The Labute approximate surface area is 181 Å². The van der Waals surface area contributed by atoms with E-state index in [9.17, 15) is 5.11 Å². The minimum atomic E-state index is -0.521. The van der Waals surface area contributed by atoms with Crippen LogP contribution in [0.1, 0.15) is 24.8 Å². The van der Waals surface area contributed by atoms with Gasteiger partial charge in [0, 0.05) is 45.9 Å². The Bertz CT molecular complexity index is 629. The van der Waals surface area contributed by atoms with Gasteiger partial charge in [0.15, 0.2) is 11.5 Å². The van der Waals surface area contributed by atoms with E-state index >= 15 is 0 Å². The summed E-state index contributed by atoms with van der Waals surface area (Å²) < 4.78 is 11.4. The van der Waals surface area contributed by atoms with Gasteiger partial charge in [-0.3, -0.25) is 9.80 Å². The lowest BCUT2D eigenvalue weighted by atomic mass is 9.94. The molecule has 30 heavy (non-hydrogen) atoms. The van der Waals surface area contributed by atoms with Crippen LogP contribution in [0.2, 0.25) is 0 Å². The van der Waals surface area contributed by atoms with Gasteiger partial charge >= 0.3 is 0 Å². The van der Waals surface area contributed by atoms with Gasteiger partial charge in [-0.05, 0) is 63.0 Å². The molecule has 2 aliphatic heterocycles. The van der Waals surface area contributed by atoms with Crippen molar-refractivity contribution in [2.24, 2.45) is 5.92 Å². The molecule has 1 aromatic carbocycles. The number of hydrogen-bond acceptors (Lipinski definition) is 7. The van der Waals surface area contributed by atoms with Crippen LogP contribution in [0.3, 0.4) is 0 Å². The fourth-order valence-corrected chi connectivity index (χ4v) is 4.37. The number of ether oxygens (including phenoxy) is 2. The van der Waals surface area contributed by atoms with Crippen LogP contribution in [0.4, 0.5) is 0 Å². The Hall–Kier alpha value is -1.38. The van der Waals surface area contributed by atoms with Crippen molar-refractivity contribution in [1.29, 1.82) is 0 Å². The van der Waals surface area contributed by atoms with Crippen molar-refractivity contribution < 1.29 is 19.7 Å². The standard InChI is InChI=1S/C23H39N3O4/c1-24-10-12-26(13-11-24)17-21(28)18-30-23-15-20(3-4-22(23)29-2)16-25-8-5-19(6-9-25)7-14-27/h3-4,15,19,21,27-28H,5-14,16-18H2,1-2H3. The number of aliphatic hydroxyl groups excluding tert-OH is 2. The summed E-state index contributed by atoms with van der Waals surface area (Å²) in [4.78, 5) is 7.06. The van der Waals surface area contributed by atoms with Crippen LogP contribution >= 0.6 is 0 Å². The van der Waals surface area contributed by atoms with Gasteiger partial charge < -0.3 is 24.6 Å². The maximum absolute atomic E-state index is 10.4. The first-order valence-corrected chi connectivity index (χ1v) is 11.3. The van der Waals surface area contributed by atoms with Crippen molar-refractivity contribution >= 4 is 0 Å². The average Bonchev–Trinajstić information content (AvgIpc) is 2.76. The van der Waals surface area contributed by atoms with E-state index in [0.29, 0.717) is 30.6 Å². The molecule has 7 nitrogen and oxygen atoms in total. The number of piperidine rings is 1. The van der Waals surface area contributed by atoms with Crippen LogP contribution in [-0.4, -0.2) is 104 Å². The van der Waals surface area contributed by atoms with Crippen LogP contribution in [0, 0.1) is 5.92 Å². The highest BCUT2D eigenvalue weighted by Crippen LogP contribution is 2.29.